The molecule has 30 heavy (non-hydrogen) atoms. The molecule has 0 spiro atoms. The molecule has 8 heteroatoms. The Morgan fingerprint density at radius 1 is 1.20 bits per heavy atom. The first kappa shape index (κ1) is 18.9. The van der Waals surface area contributed by atoms with E-state index in [9.17, 15) is 4.39 Å². The van der Waals surface area contributed by atoms with Crippen LogP contribution in [-0.4, -0.2) is 41.8 Å². The number of halogens is 1. The maximum absolute atomic E-state index is 14.2. The first-order valence-corrected chi connectivity index (χ1v) is 10.4. The van der Waals surface area contributed by atoms with Crippen molar-refractivity contribution in [2.75, 3.05) is 0 Å². The van der Waals surface area contributed by atoms with Gasteiger partial charge in [0.2, 0.25) is 0 Å². The minimum Gasteiger partial charge on any atom is -0.339 e. The van der Waals surface area contributed by atoms with Crippen molar-refractivity contribution in [3.63, 3.8) is 0 Å². The molecule has 0 aromatic carbocycles. The van der Waals surface area contributed by atoms with Crippen molar-refractivity contribution < 1.29 is 4.39 Å². The van der Waals surface area contributed by atoms with Crippen LogP contribution in [0.2, 0.25) is 0 Å². The molecule has 7 nitrogen and oxygen atoms in total. The average molecular weight is 405 g/mol. The third-order valence-electron chi connectivity index (χ3n) is 5.66. The van der Waals surface area contributed by atoms with Crippen LogP contribution in [0.15, 0.2) is 42.9 Å². The van der Waals surface area contributed by atoms with Gasteiger partial charge in [0.25, 0.3) is 0 Å². The Morgan fingerprint density at radius 3 is 2.97 bits per heavy atom. The summed E-state index contributed by atoms with van der Waals surface area (Å²) in [7, 11) is 0. The molecule has 0 amide bonds. The fourth-order valence-electron chi connectivity index (χ4n) is 4.09. The van der Waals surface area contributed by atoms with Gasteiger partial charge in [-0.05, 0) is 44.0 Å². The minimum atomic E-state index is -0.790. The van der Waals surface area contributed by atoms with Crippen LogP contribution >= 0.6 is 0 Å². The zero-order valence-electron chi connectivity index (χ0n) is 16.8. The fraction of sp³-hybridized carbons (Fsp3) is 0.364. The molecule has 2 atom stereocenters. The predicted molar refractivity (Wildman–Crippen MR) is 113 cm³/mol. The fourth-order valence-corrected chi connectivity index (χ4v) is 4.09. The van der Waals surface area contributed by atoms with Crippen LogP contribution in [-0.2, 0) is 6.54 Å². The van der Waals surface area contributed by atoms with Crippen LogP contribution in [0.5, 0.6) is 0 Å². The lowest BCUT2D eigenvalue weighted by Gasteiger charge is -2.26. The highest BCUT2D eigenvalue weighted by atomic mass is 19.1. The number of aryl methyl sites for hydroxylation is 1. The molecule has 4 aromatic rings. The second kappa shape index (κ2) is 7.95. The summed E-state index contributed by atoms with van der Waals surface area (Å²) in [5.74, 6) is 0.766. The molecule has 4 aromatic heterocycles. The molecule has 4 heterocycles. The standard InChI is InChI=1S/C22H24FN7/c1-14-5-4-8-18(27-14)22-21(15-9-10-30-20(11-15)25-13-26-30)28-19(29-22)12-24-17-7-3-2-6-16(17)23/h4-5,8-11,13,16-17,24H,2-3,6-7,12H2,1H3,(H,28,29)/t16-,17?/m1/s1. The van der Waals surface area contributed by atoms with Crippen molar-refractivity contribution in [3.8, 4) is 22.6 Å². The number of fused-ring (bicyclic) bond motifs is 1. The van der Waals surface area contributed by atoms with Crippen molar-refractivity contribution in [2.24, 2.45) is 0 Å². The summed E-state index contributed by atoms with van der Waals surface area (Å²) in [4.78, 5) is 17.2. The molecule has 0 radical (unpaired) electrons. The van der Waals surface area contributed by atoms with Crippen LogP contribution in [0.4, 0.5) is 4.39 Å². The molecule has 1 aliphatic carbocycles. The van der Waals surface area contributed by atoms with E-state index >= 15 is 0 Å². The van der Waals surface area contributed by atoms with E-state index < -0.39 is 6.17 Å². The van der Waals surface area contributed by atoms with E-state index in [1.54, 1.807) is 4.52 Å². The number of aromatic nitrogens is 6. The van der Waals surface area contributed by atoms with E-state index in [4.69, 9.17) is 4.98 Å². The highest BCUT2D eigenvalue weighted by molar-refractivity contribution is 5.78. The summed E-state index contributed by atoms with van der Waals surface area (Å²) in [6, 6.07) is 9.73. The number of alkyl halides is 1. The number of hydrogen-bond acceptors (Lipinski definition) is 5. The summed E-state index contributed by atoms with van der Waals surface area (Å²) in [5, 5.41) is 7.51. The van der Waals surface area contributed by atoms with E-state index in [-0.39, 0.29) is 6.04 Å². The van der Waals surface area contributed by atoms with Crippen molar-refractivity contribution in [3.05, 3.63) is 54.4 Å². The van der Waals surface area contributed by atoms with Gasteiger partial charge in [-0.25, -0.2) is 18.9 Å². The first-order chi connectivity index (χ1) is 14.7. The Bertz CT molecular complexity index is 1170. The molecule has 0 aliphatic heterocycles. The molecule has 2 N–H and O–H groups in total. The number of pyridine rings is 2. The lowest BCUT2D eigenvalue weighted by atomic mass is 9.94. The second-order valence-electron chi connectivity index (χ2n) is 7.84. The molecule has 1 aliphatic rings. The molecule has 0 saturated heterocycles. The van der Waals surface area contributed by atoms with Crippen molar-refractivity contribution in [1.82, 2.24) is 34.9 Å². The van der Waals surface area contributed by atoms with Crippen LogP contribution in [0, 0.1) is 6.92 Å². The van der Waals surface area contributed by atoms with Gasteiger partial charge in [-0.3, -0.25) is 4.98 Å². The first-order valence-electron chi connectivity index (χ1n) is 10.4. The maximum Gasteiger partial charge on any atom is 0.155 e. The largest absolute Gasteiger partial charge is 0.339 e. The summed E-state index contributed by atoms with van der Waals surface area (Å²) < 4.78 is 15.9. The highest BCUT2D eigenvalue weighted by Crippen LogP contribution is 2.30. The average Bonchev–Trinajstić information content (AvgIpc) is 3.39. The summed E-state index contributed by atoms with van der Waals surface area (Å²) in [6.07, 6.45) is 6.15. The van der Waals surface area contributed by atoms with Gasteiger partial charge in [0.1, 0.15) is 18.3 Å². The Morgan fingerprint density at radius 2 is 2.10 bits per heavy atom. The smallest absolute Gasteiger partial charge is 0.155 e. The van der Waals surface area contributed by atoms with Gasteiger partial charge in [0, 0.05) is 23.5 Å². The van der Waals surface area contributed by atoms with Gasteiger partial charge >= 0.3 is 0 Å². The number of H-pyrrole nitrogens is 1. The van der Waals surface area contributed by atoms with Gasteiger partial charge in [-0.1, -0.05) is 18.9 Å². The molecular formula is C22H24FN7. The third kappa shape index (κ3) is 3.70. The lowest BCUT2D eigenvalue weighted by Crippen LogP contribution is -2.39. The van der Waals surface area contributed by atoms with Crippen molar-refractivity contribution >= 4 is 5.65 Å². The van der Waals surface area contributed by atoms with E-state index in [0.29, 0.717) is 13.0 Å². The zero-order valence-corrected chi connectivity index (χ0v) is 16.8. The number of aromatic amines is 1. The van der Waals surface area contributed by atoms with Gasteiger partial charge < -0.3 is 10.3 Å². The normalized spacial score (nSPS) is 19.4. The summed E-state index contributed by atoms with van der Waals surface area (Å²) >= 11 is 0. The van der Waals surface area contributed by atoms with Crippen molar-refractivity contribution in [1.29, 1.82) is 0 Å². The molecule has 5 rings (SSSR count). The molecule has 0 bridgehead atoms. The molecule has 154 valence electrons. The van der Waals surface area contributed by atoms with E-state index in [0.717, 1.165) is 59.1 Å². The van der Waals surface area contributed by atoms with Crippen LogP contribution in [0.3, 0.4) is 0 Å². The van der Waals surface area contributed by atoms with Crippen LogP contribution in [0.1, 0.15) is 37.2 Å². The number of nitrogens with one attached hydrogen (secondary N) is 2. The Labute approximate surface area is 173 Å². The third-order valence-corrected chi connectivity index (χ3v) is 5.66. The van der Waals surface area contributed by atoms with Gasteiger partial charge in [0.15, 0.2) is 5.65 Å². The lowest BCUT2D eigenvalue weighted by molar-refractivity contribution is 0.187. The highest BCUT2D eigenvalue weighted by Gasteiger charge is 2.25. The van der Waals surface area contributed by atoms with Crippen molar-refractivity contribution in [2.45, 2.75) is 51.4 Å². The maximum atomic E-state index is 14.2. The summed E-state index contributed by atoms with van der Waals surface area (Å²) in [5.41, 5.74) is 5.09. The molecule has 1 unspecified atom stereocenters. The van der Waals surface area contributed by atoms with Gasteiger partial charge in [-0.15, -0.1) is 0 Å². The van der Waals surface area contributed by atoms with Gasteiger partial charge in [-0.2, -0.15) is 5.10 Å². The SMILES string of the molecule is Cc1cccc(-c2[nH]c(CNC3CCCC[C@H]3F)nc2-c2ccn3ncnc3c2)n1. The second-order valence-corrected chi connectivity index (χ2v) is 7.84. The molecule has 1 saturated carbocycles. The Kier molecular flexibility index (Phi) is 5.00. The van der Waals surface area contributed by atoms with Crippen LogP contribution < -0.4 is 5.32 Å². The molecular weight excluding hydrogens is 381 g/mol. The summed E-state index contributed by atoms with van der Waals surface area (Å²) in [6.45, 7) is 2.45. The minimum absolute atomic E-state index is 0.111. The topological polar surface area (TPSA) is 83.8 Å². The monoisotopic (exact) mass is 405 g/mol. The van der Waals surface area contributed by atoms with E-state index in [1.807, 2.05) is 43.5 Å². The predicted octanol–water partition coefficient (Wildman–Crippen LogP) is 3.86. The Hall–Kier alpha value is -3.13. The number of hydrogen-bond donors (Lipinski definition) is 2. The van der Waals surface area contributed by atoms with E-state index in [1.165, 1.54) is 6.33 Å². The Balaban J connectivity index is 1.50. The number of nitrogens with zero attached hydrogens (tertiary/aromatic N) is 5. The number of imidazole rings is 1. The molecule has 1 fully saturated rings. The van der Waals surface area contributed by atoms with Crippen LogP contribution in [0.25, 0.3) is 28.3 Å². The quantitative estimate of drug-likeness (QED) is 0.527. The number of rotatable bonds is 5. The van der Waals surface area contributed by atoms with Gasteiger partial charge in [0.05, 0.1) is 23.6 Å². The zero-order chi connectivity index (χ0) is 20.5. The van der Waals surface area contributed by atoms with E-state index in [2.05, 4.69) is 25.4 Å².